The molecule has 2 N–H and O–H groups in total. The molecule has 1 fully saturated rings. The summed E-state index contributed by atoms with van der Waals surface area (Å²) < 4.78 is 0. The molecule has 17 heavy (non-hydrogen) atoms. The second-order valence-electron chi connectivity index (χ2n) is 4.87. The van der Waals surface area contributed by atoms with Crippen molar-refractivity contribution in [2.75, 3.05) is 33.7 Å². The third-order valence-electron chi connectivity index (χ3n) is 3.36. The molecule has 0 aliphatic carbocycles. The van der Waals surface area contributed by atoms with Gasteiger partial charge < -0.3 is 10.6 Å². The van der Waals surface area contributed by atoms with Crippen LogP contribution in [0.15, 0.2) is 0 Å². The summed E-state index contributed by atoms with van der Waals surface area (Å²) >= 11 is 0. The maximum absolute atomic E-state index is 6.26. The van der Waals surface area contributed by atoms with Crippen molar-refractivity contribution >= 4 is 0 Å². The number of aryl methyl sites for hydroxylation is 1. The van der Waals surface area contributed by atoms with E-state index in [4.69, 9.17) is 5.73 Å². The first kappa shape index (κ1) is 12.4. The van der Waals surface area contributed by atoms with Crippen LogP contribution in [-0.4, -0.2) is 75.8 Å². The fourth-order valence-electron chi connectivity index (χ4n) is 2.26. The maximum atomic E-state index is 6.26. The van der Waals surface area contributed by atoms with Crippen molar-refractivity contribution in [1.29, 1.82) is 0 Å². The number of tetrazole rings is 1. The van der Waals surface area contributed by atoms with E-state index in [1.54, 1.807) is 7.05 Å². The van der Waals surface area contributed by atoms with E-state index < -0.39 is 0 Å². The molecule has 0 bridgehead atoms. The Labute approximate surface area is 102 Å². The van der Waals surface area contributed by atoms with Crippen LogP contribution < -0.4 is 5.73 Å². The Morgan fingerprint density at radius 3 is 2.76 bits per heavy atom. The SMILES string of the molecule is CN1CCN(C)C(C(N)Cc2nnn(C)n2)C1. The van der Waals surface area contributed by atoms with Crippen LogP contribution in [0.2, 0.25) is 0 Å². The van der Waals surface area contributed by atoms with E-state index in [-0.39, 0.29) is 6.04 Å². The van der Waals surface area contributed by atoms with Gasteiger partial charge in [0, 0.05) is 38.1 Å². The lowest BCUT2D eigenvalue weighted by Crippen LogP contribution is -2.58. The van der Waals surface area contributed by atoms with Gasteiger partial charge in [-0.15, -0.1) is 10.2 Å². The average Bonchev–Trinajstić information content (AvgIpc) is 2.67. The van der Waals surface area contributed by atoms with Crippen molar-refractivity contribution in [2.24, 2.45) is 12.8 Å². The summed E-state index contributed by atoms with van der Waals surface area (Å²) in [5.74, 6) is 0.724. The van der Waals surface area contributed by atoms with Crippen molar-refractivity contribution in [1.82, 2.24) is 30.0 Å². The molecule has 7 heteroatoms. The highest BCUT2D eigenvalue weighted by Gasteiger charge is 2.28. The number of piperazine rings is 1. The van der Waals surface area contributed by atoms with Crippen LogP contribution in [0.4, 0.5) is 0 Å². The van der Waals surface area contributed by atoms with Gasteiger partial charge in [0.2, 0.25) is 0 Å². The monoisotopic (exact) mass is 239 g/mol. The van der Waals surface area contributed by atoms with Crippen LogP contribution in [0.25, 0.3) is 0 Å². The van der Waals surface area contributed by atoms with Crippen molar-refractivity contribution < 1.29 is 0 Å². The molecule has 1 saturated heterocycles. The molecule has 96 valence electrons. The molecule has 2 atom stereocenters. The Morgan fingerprint density at radius 1 is 1.35 bits per heavy atom. The van der Waals surface area contributed by atoms with Gasteiger partial charge >= 0.3 is 0 Å². The highest BCUT2D eigenvalue weighted by molar-refractivity contribution is 4.93. The lowest BCUT2D eigenvalue weighted by atomic mass is 10.0. The third-order valence-corrected chi connectivity index (χ3v) is 3.36. The smallest absolute Gasteiger partial charge is 0.176 e. The Bertz CT molecular complexity index is 363. The molecule has 7 nitrogen and oxygen atoms in total. The Hall–Kier alpha value is -1.05. The fraction of sp³-hybridized carbons (Fsp3) is 0.900. The van der Waals surface area contributed by atoms with Crippen LogP contribution >= 0.6 is 0 Å². The summed E-state index contributed by atoms with van der Waals surface area (Å²) in [5.41, 5.74) is 6.26. The zero-order valence-corrected chi connectivity index (χ0v) is 10.7. The minimum absolute atomic E-state index is 0.0481. The van der Waals surface area contributed by atoms with Crippen LogP contribution in [-0.2, 0) is 13.5 Å². The minimum atomic E-state index is 0.0481. The van der Waals surface area contributed by atoms with Gasteiger partial charge in [0.05, 0.1) is 7.05 Å². The highest BCUT2D eigenvalue weighted by atomic mass is 15.6. The number of likely N-dealkylation sites (N-methyl/N-ethyl adjacent to an activating group) is 2. The maximum Gasteiger partial charge on any atom is 0.176 e. The van der Waals surface area contributed by atoms with Crippen molar-refractivity contribution in [3.8, 4) is 0 Å². The van der Waals surface area contributed by atoms with Crippen LogP contribution in [0.3, 0.4) is 0 Å². The van der Waals surface area contributed by atoms with Crippen LogP contribution in [0.5, 0.6) is 0 Å². The number of nitrogens with two attached hydrogens (primary N) is 1. The van der Waals surface area contributed by atoms with E-state index in [1.165, 1.54) is 4.80 Å². The molecule has 0 spiro atoms. The summed E-state index contributed by atoms with van der Waals surface area (Å²) in [6.45, 7) is 3.16. The first-order valence-corrected chi connectivity index (χ1v) is 5.93. The fourth-order valence-corrected chi connectivity index (χ4v) is 2.26. The average molecular weight is 239 g/mol. The van der Waals surface area contributed by atoms with Crippen molar-refractivity contribution in [3.63, 3.8) is 0 Å². The van der Waals surface area contributed by atoms with E-state index in [0.717, 1.165) is 25.5 Å². The zero-order valence-electron chi connectivity index (χ0n) is 10.7. The van der Waals surface area contributed by atoms with Crippen LogP contribution in [0.1, 0.15) is 5.82 Å². The lowest BCUT2D eigenvalue weighted by Gasteiger charge is -2.40. The van der Waals surface area contributed by atoms with E-state index in [0.29, 0.717) is 12.5 Å². The molecular weight excluding hydrogens is 218 g/mol. The second-order valence-corrected chi connectivity index (χ2v) is 4.87. The first-order valence-electron chi connectivity index (χ1n) is 5.93. The summed E-state index contributed by atoms with van der Waals surface area (Å²) in [6.07, 6.45) is 0.677. The van der Waals surface area contributed by atoms with Gasteiger partial charge in [0.25, 0.3) is 0 Å². The summed E-state index contributed by atoms with van der Waals surface area (Å²) in [4.78, 5) is 6.11. The number of hydrogen-bond donors (Lipinski definition) is 1. The number of hydrogen-bond acceptors (Lipinski definition) is 6. The molecule has 1 aliphatic heterocycles. The predicted molar refractivity (Wildman–Crippen MR) is 64.4 cm³/mol. The molecule has 1 aliphatic rings. The predicted octanol–water partition coefficient (Wildman–Crippen LogP) is -1.67. The quantitative estimate of drug-likeness (QED) is 0.679. The van der Waals surface area contributed by atoms with Crippen molar-refractivity contribution in [3.05, 3.63) is 5.82 Å². The molecule has 1 aromatic heterocycles. The largest absolute Gasteiger partial charge is 0.326 e. The summed E-state index contributed by atoms with van der Waals surface area (Å²) in [7, 11) is 6.03. The Morgan fingerprint density at radius 2 is 2.12 bits per heavy atom. The molecule has 2 heterocycles. The summed E-state index contributed by atoms with van der Waals surface area (Å²) in [5, 5.41) is 12.0. The number of aromatic nitrogens is 4. The highest BCUT2D eigenvalue weighted by Crippen LogP contribution is 2.10. The van der Waals surface area contributed by atoms with Gasteiger partial charge in [-0.25, -0.2) is 0 Å². The van der Waals surface area contributed by atoms with Gasteiger partial charge in [-0.3, -0.25) is 4.90 Å². The second kappa shape index (κ2) is 5.07. The molecule has 2 unspecified atom stereocenters. The number of rotatable bonds is 3. The van der Waals surface area contributed by atoms with Gasteiger partial charge in [-0.05, 0) is 19.3 Å². The lowest BCUT2D eigenvalue weighted by molar-refractivity contribution is 0.0969. The van der Waals surface area contributed by atoms with E-state index >= 15 is 0 Å². The van der Waals surface area contributed by atoms with E-state index in [1.807, 2.05) is 0 Å². The molecular formula is C10H21N7. The Kier molecular flexibility index (Phi) is 3.70. The van der Waals surface area contributed by atoms with Gasteiger partial charge in [0.1, 0.15) is 0 Å². The molecule has 1 aromatic rings. The van der Waals surface area contributed by atoms with Gasteiger partial charge in [0.15, 0.2) is 5.82 Å². The van der Waals surface area contributed by atoms with Crippen molar-refractivity contribution in [2.45, 2.75) is 18.5 Å². The third kappa shape index (κ3) is 2.99. The molecule has 0 aromatic carbocycles. The topological polar surface area (TPSA) is 76.1 Å². The van der Waals surface area contributed by atoms with Crippen LogP contribution in [0, 0.1) is 0 Å². The molecule has 0 saturated carbocycles. The van der Waals surface area contributed by atoms with Gasteiger partial charge in [-0.1, -0.05) is 0 Å². The van der Waals surface area contributed by atoms with E-state index in [2.05, 4.69) is 39.3 Å². The molecule has 0 amide bonds. The molecule has 2 rings (SSSR count). The Balaban J connectivity index is 1.96. The van der Waals surface area contributed by atoms with E-state index in [9.17, 15) is 0 Å². The summed E-state index contributed by atoms with van der Waals surface area (Å²) in [6, 6.07) is 0.407. The standard InChI is InChI=1S/C10H21N7/c1-15-4-5-16(2)9(7-15)8(11)6-10-12-14-17(3)13-10/h8-9H,4-7,11H2,1-3H3. The normalized spacial score (nSPS) is 25.1. The zero-order chi connectivity index (χ0) is 12.4. The molecule has 0 radical (unpaired) electrons. The minimum Gasteiger partial charge on any atom is -0.326 e. The van der Waals surface area contributed by atoms with Gasteiger partial charge in [-0.2, -0.15) is 4.80 Å². The number of nitrogens with zero attached hydrogens (tertiary/aromatic N) is 6. The first-order chi connectivity index (χ1) is 8.06.